The average Bonchev–Trinajstić information content (AvgIpc) is 2.32. The van der Waals surface area contributed by atoms with Crippen molar-refractivity contribution in [1.82, 2.24) is 15.3 Å². The van der Waals surface area contributed by atoms with E-state index in [2.05, 4.69) is 22.2 Å². The summed E-state index contributed by atoms with van der Waals surface area (Å²) in [5.74, 6) is 1.83. The topological polar surface area (TPSA) is 47.0 Å². The predicted octanol–water partition coefficient (Wildman–Crippen LogP) is 2.26. The number of aromatic nitrogens is 2. The van der Waals surface area contributed by atoms with Crippen LogP contribution in [0.4, 0.5) is 0 Å². The van der Waals surface area contributed by atoms with Gasteiger partial charge in [0.25, 0.3) is 0 Å². The Balaban J connectivity index is 1.85. The minimum Gasteiger partial charge on any atom is -0.437 e. The molecule has 1 aromatic carbocycles. The molecule has 92 valence electrons. The molecule has 0 bridgehead atoms. The Kier molecular flexibility index (Phi) is 2.94. The van der Waals surface area contributed by atoms with E-state index in [1.807, 2.05) is 24.3 Å². The van der Waals surface area contributed by atoms with Gasteiger partial charge in [0.1, 0.15) is 11.4 Å². The zero-order valence-corrected chi connectivity index (χ0v) is 10.3. The fraction of sp³-hybridized carbons (Fsp3) is 0.286. The van der Waals surface area contributed by atoms with E-state index in [0.717, 1.165) is 24.5 Å². The summed E-state index contributed by atoms with van der Waals surface area (Å²) in [6, 6.07) is 7.95. The first kappa shape index (κ1) is 11.2. The molecule has 0 atom stereocenters. The molecule has 1 aliphatic rings. The number of hydrogen-bond donors (Lipinski definition) is 1. The molecule has 4 nitrogen and oxygen atoms in total. The summed E-state index contributed by atoms with van der Waals surface area (Å²) in [7, 11) is 0. The minimum atomic E-state index is 0.416. The monoisotopic (exact) mass is 241 g/mol. The van der Waals surface area contributed by atoms with Crippen molar-refractivity contribution in [3.05, 3.63) is 47.9 Å². The van der Waals surface area contributed by atoms with Gasteiger partial charge < -0.3 is 10.1 Å². The van der Waals surface area contributed by atoms with Gasteiger partial charge in [-0.1, -0.05) is 17.7 Å². The molecule has 1 saturated heterocycles. The second-order valence-electron chi connectivity index (χ2n) is 4.52. The van der Waals surface area contributed by atoms with E-state index in [1.54, 1.807) is 12.4 Å². The summed E-state index contributed by atoms with van der Waals surface area (Å²) < 4.78 is 5.82. The van der Waals surface area contributed by atoms with E-state index in [1.165, 1.54) is 5.56 Å². The molecule has 1 N–H and O–H groups in total. The molecule has 0 amide bonds. The largest absolute Gasteiger partial charge is 0.437 e. The van der Waals surface area contributed by atoms with E-state index in [9.17, 15) is 0 Å². The molecule has 0 saturated carbocycles. The van der Waals surface area contributed by atoms with Crippen molar-refractivity contribution in [1.29, 1.82) is 0 Å². The van der Waals surface area contributed by atoms with E-state index in [-0.39, 0.29) is 0 Å². The first-order valence-electron chi connectivity index (χ1n) is 6.09. The fourth-order valence-electron chi connectivity index (χ4n) is 1.89. The molecule has 4 heteroatoms. The zero-order valence-electron chi connectivity index (χ0n) is 10.3. The maximum atomic E-state index is 5.82. The number of nitrogens with one attached hydrogen (secondary N) is 1. The lowest BCUT2D eigenvalue weighted by atomic mass is 9.99. The van der Waals surface area contributed by atoms with Crippen molar-refractivity contribution in [2.75, 3.05) is 13.1 Å². The quantitative estimate of drug-likeness (QED) is 0.895. The Morgan fingerprint density at radius 2 is 1.83 bits per heavy atom. The molecule has 0 spiro atoms. The van der Waals surface area contributed by atoms with Crippen LogP contribution in [0.5, 0.6) is 11.6 Å². The lowest BCUT2D eigenvalue weighted by Gasteiger charge is -2.27. The van der Waals surface area contributed by atoms with Crippen molar-refractivity contribution < 1.29 is 4.74 Å². The van der Waals surface area contributed by atoms with Crippen LogP contribution in [0.15, 0.2) is 36.7 Å². The first-order valence-corrected chi connectivity index (χ1v) is 6.09. The molecule has 1 aliphatic heterocycles. The van der Waals surface area contributed by atoms with Crippen molar-refractivity contribution in [2.24, 2.45) is 0 Å². The number of rotatable bonds is 3. The van der Waals surface area contributed by atoms with Gasteiger partial charge in [0.05, 0.1) is 0 Å². The second kappa shape index (κ2) is 4.74. The molecular formula is C14H15N3O. The number of hydrogen-bond acceptors (Lipinski definition) is 4. The van der Waals surface area contributed by atoms with E-state index in [4.69, 9.17) is 4.74 Å². The molecule has 1 aromatic heterocycles. The second-order valence-corrected chi connectivity index (χ2v) is 4.52. The van der Waals surface area contributed by atoms with E-state index < -0.39 is 0 Å². The van der Waals surface area contributed by atoms with Gasteiger partial charge in [-0.25, -0.2) is 4.98 Å². The molecule has 0 aliphatic carbocycles. The third-order valence-electron chi connectivity index (χ3n) is 3.09. The van der Waals surface area contributed by atoms with Gasteiger partial charge in [-0.2, -0.15) is 0 Å². The van der Waals surface area contributed by atoms with Crippen LogP contribution < -0.4 is 10.1 Å². The van der Waals surface area contributed by atoms with Gasteiger partial charge in [-0.15, -0.1) is 0 Å². The van der Waals surface area contributed by atoms with Crippen LogP contribution in [0.2, 0.25) is 0 Å². The van der Waals surface area contributed by atoms with Gasteiger partial charge in [-0.05, 0) is 19.1 Å². The first-order chi connectivity index (χ1) is 8.83. The van der Waals surface area contributed by atoms with Crippen LogP contribution in [0, 0.1) is 6.92 Å². The number of benzene rings is 1. The Morgan fingerprint density at radius 1 is 1.11 bits per heavy atom. The fourth-order valence-corrected chi connectivity index (χ4v) is 1.89. The summed E-state index contributed by atoms with van der Waals surface area (Å²) >= 11 is 0. The summed E-state index contributed by atoms with van der Waals surface area (Å²) in [4.78, 5) is 8.67. The van der Waals surface area contributed by atoms with Crippen molar-refractivity contribution >= 4 is 0 Å². The predicted molar refractivity (Wildman–Crippen MR) is 68.9 cm³/mol. The average molecular weight is 241 g/mol. The van der Waals surface area contributed by atoms with Crippen molar-refractivity contribution in [3.63, 3.8) is 0 Å². The van der Waals surface area contributed by atoms with E-state index >= 15 is 0 Å². The summed E-state index contributed by atoms with van der Waals surface area (Å²) in [6.07, 6.45) is 3.38. The number of ether oxygens (including phenoxy) is 1. The molecule has 2 aromatic rings. The van der Waals surface area contributed by atoms with Gasteiger partial charge >= 0.3 is 0 Å². The van der Waals surface area contributed by atoms with Crippen LogP contribution in [0.3, 0.4) is 0 Å². The molecule has 1 fully saturated rings. The third-order valence-corrected chi connectivity index (χ3v) is 3.09. The maximum absolute atomic E-state index is 5.82. The lowest BCUT2D eigenvalue weighted by Crippen LogP contribution is -2.40. The third kappa shape index (κ3) is 2.19. The van der Waals surface area contributed by atoms with Crippen molar-refractivity contribution in [3.8, 4) is 11.6 Å². The Morgan fingerprint density at radius 3 is 2.50 bits per heavy atom. The van der Waals surface area contributed by atoms with E-state index in [0.29, 0.717) is 11.8 Å². The van der Waals surface area contributed by atoms with Gasteiger partial charge in [0.15, 0.2) is 0 Å². The highest BCUT2D eigenvalue weighted by atomic mass is 16.5. The molecule has 18 heavy (non-hydrogen) atoms. The standard InChI is InChI=1S/C14H15N3O/c1-10-2-4-12(5-3-10)18-14-13(11-8-15-9-11)16-6-7-17-14/h2-7,11,15H,8-9H2,1H3. The molecule has 2 heterocycles. The Bertz CT molecular complexity index is 535. The van der Waals surface area contributed by atoms with Gasteiger partial charge in [-0.3, -0.25) is 4.98 Å². The minimum absolute atomic E-state index is 0.416. The van der Waals surface area contributed by atoms with Crippen LogP contribution in [0.1, 0.15) is 17.2 Å². The van der Waals surface area contributed by atoms with Crippen LogP contribution in [-0.2, 0) is 0 Å². The summed E-state index contributed by atoms with van der Waals surface area (Å²) in [6.45, 7) is 3.95. The van der Waals surface area contributed by atoms with Crippen LogP contribution in [0.25, 0.3) is 0 Å². The molecule has 3 rings (SSSR count). The summed E-state index contributed by atoms with van der Waals surface area (Å²) in [5, 5.41) is 3.23. The molecular weight excluding hydrogens is 226 g/mol. The molecule has 0 radical (unpaired) electrons. The zero-order chi connectivity index (χ0) is 12.4. The van der Waals surface area contributed by atoms with Crippen LogP contribution in [-0.4, -0.2) is 23.1 Å². The Hall–Kier alpha value is -1.94. The van der Waals surface area contributed by atoms with Gasteiger partial charge in [0, 0.05) is 31.4 Å². The highest BCUT2D eigenvalue weighted by Gasteiger charge is 2.24. The highest BCUT2D eigenvalue weighted by Crippen LogP contribution is 2.28. The normalized spacial score (nSPS) is 15.2. The molecule has 0 unspecified atom stereocenters. The lowest BCUT2D eigenvalue weighted by molar-refractivity contribution is 0.399. The maximum Gasteiger partial charge on any atom is 0.241 e. The SMILES string of the molecule is Cc1ccc(Oc2nccnc2C2CNC2)cc1. The summed E-state index contributed by atoms with van der Waals surface area (Å²) in [5.41, 5.74) is 2.15. The van der Waals surface area contributed by atoms with Crippen molar-refractivity contribution in [2.45, 2.75) is 12.8 Å². The van der Waals surface area contributed by atoms with Gasteiger partial charge in [0.2, 0.25) is 5.88 Å². The van der Waals surface area contributed by atoms with Crippen LogP contribution >= 0.6 is 0 Å². The number of aryl methyl sites for hydroxylation is 1. The number of nitrogens with zero attached hydrogens (tertiary/aromatic N) is 2. The smallest absolute Gasteiger partial charge is 0.241 e. The Labute approximate surface area is 106 Å². The highest BCUT2D eigenvalue weighted by molar-refractivity contribution is 5.33.